The molecule has 7 nitrogen and oxygen atoms in total. The van der Waals surface area contributed by atoms with Gasteiger partial charge in [0.1, 0.15) is 5.75 Å². The van der Waals surface area contributed by atoms with E-state index in [1.54, 1.807) is 42.3 Å². The van der Waals surface area contributed by atoms with Crippen LogP contribution in [0.3, 0.4) is 0 Å². The molecule has 3 aromatic rings. The van der Waals surface area contributed by atoms with E-state index in [0.717, 1.165) is 10.9 Å². The maximum Gasteiger partial charge on any atom is 0.271 e. The lowest BCUT2D eigenvalue weighted by molar-refractivity contribution is -0.384. The van der Waals surface area contributed by atoms with E-state index in [0.29, 0.717) is 23.4 Å². The van der Waals surface area contributed by atoms with Crippen molar-refractivity contribution in [3.8, 4) is 5.75 Å². The van der Waals surface area contributed by atoms with Crippen LogP contribution in [0.15, 0.2) is 42.6 Å². The van der Waals surface area contributed by atoms with E-state index in [1.165, 1.54) is 19.1 Å². The Morgan fingerprint density at radius 3 is 2.75 bits per heavy atom. The van der Waals surface area contributed by atoms with Crippen molar-refractivity contribution in [2.75, 3.05) is 7.11 Å². The molecule has 3 rings (SSSR count). The third-order valence-corrected chi connectivity index (χ3v) is 3.85. The Hall–Kier alpha value is -3.22. The van der Waals surface area contributed by atoms with Gasteiger partial charge >= 0.3 is 0 Å². The molecule has 0 unspecified atom stereocenters. The molecule has 24 heavy (non-hydrogen) atoms. The van der Waals surface area contributed by atoms with E-state index in [2.05, 4.69) is 5.10 Å². The molecular formula is C17H15N3O4. The van der Waals surface area contributed by atoms with E-state index < -0.39 is 4.92 Å². The topological polar surface area (TPSA) is 87.3 Å². The number of fused-ring (bicyclic) bond motifs is 1. The maximum absolute atomic E-state index is 11.6. The monoisotopic (exact) mass is 325 g/mol. The molecule has 0 radical (unpaired) electrons. The number of ether oxygens (including phenoxy) is 1. The van der Waals surface area contributed by atoms with Gasteiger partial charge in [-0.25, -0.2) is 0 Å². The lowest BCUT2D eigenvalue weighted by atomic mass is 10.1. The van der Waals surface area contributed by atoms with E-state index >= 15 is 0 Å². The molecule has 7 heteroatoms. The number of methoxy groups -OCH3 is 1. The highest BCUT2D eigenvalue weighted by molar-refractivity contribution is 5.94. The lowest BCUT2D eigenvalue weighted by Gasteiger charge is -2.11. The number of aromatic nitrogens is 2. The summed E-state index contributed by atoms with van der Waals surface area (Å²) in [7, 11) is 1.55. The van der Waals surface area contributed by atoms with Crippen molar-refractivity contribution < 1.29 is 14.5 Å². The van der Waals surface area contributed by atoms with Crippen molar-refractivity contribution in [3.05, 3.63) is 63.8 Å². The van der Waals surface area contributed by atoms with Gasteiger partial charge < -0.3 is 4.74 Å². The SMILES string of the molecule is COc1ccc(C(C)=O)cc1Cn1ncc2ccc([N+](=O)[O-])cc21. The summed E-state index contributed by atoms with van der Waals surface area (Å²) < 4.78 is 7.00. The number of hydrogen-bond acceptors (Lipinski definition) is 5. The van der Waals surface area contributed by atoms with Crippen LogP contribution in [0, 0.1) is 10.1 Å². The quantitative estimate of drug-likeness (QED) is 0.408. The molecule has 0 spiro atoms. The Morgan fingerprint density at radius 1 is 1.29 bits per heavy atom. The number of carbonyl (C=O) groups is 1. The fourth-order valence-electron chi connectivity index (χ4n) is 2.58. The minimum absolute atomic E-state index is 0.00806. The zero-order valence-electron chi connectivity index (χ0n) is 13.2. The van der Waals surface area contributed by atoms with E-state index in [4.69, 9.17) is 4.74 Å². The molecule has 122 valence electrons. The second-order valence-electron chi connectivity index (χ2n) is 5.39. The zero-order chi connectivity index (χ0) is 17.3. The molecule has 2 aromatic carbocycles. The van der Waals surface area contributed by atoms with Gasteiger partial charge in [-0.2, -0.15) is 5.10 Å². The number of carbonyl (C=O) groups excluding carboxylic acids is 1. The number of nitro benzene ring substituents is 1. The van der Waals surface area contributed by atoms with Crippen LogP contribution in [-0.4, -0.2) is 27.6 Å². The Balaban J connectivity index is 2.06. The fraction of sp³-hybridized carbons (Fsp3) is 0.176. The zero-order valence-corrected chi connectivity index (χ0v) is 13.2. The second kappa shape index (κ2) is 6.11. The molecule has 0 aliphatic heterocycles. The van der Waals surface area contributed by atoms with E-state index in [9.17, 15) is 14.9 Å². The normalized spacial score (nSPS) is 10.8. The minimum atomic E-state index is -0.437. The molecule has 0 aliphatic rings. The number of nitro groups is 1. The molecule has 0 aliphatic carbocycles. The number of ketones is 1. The van der Waals surface area contributed by atoms with Crippen molar-refractivity contribution in [2.24, 2.45) is 0 Å². The van der Waals surface area contributed by atoms with Crippen LogP contribution >= 0.6 is 0 Å². The highest BCUT2D eigenvalue weighted by Gasteiger charge is 2.13. The predicted molar refractivity (Wildman–Crippen MR) is 88.5 cm³/mol. The van der Waals surface area contributed by atoms with Gasteiger partial charge in [-0.1, -0.05) is 0 Å². The third-order valence-electron chi connectivity index (χ3n) is 3.85. The van der Waals surface area contributed by atoms with Crippen molar-refractivity contribution in [1.82, 2.24) is 9.78 Å². The number of nitrogens with zero attached hydrogens (tertiary/aromatic N) is 3. The molecule has 1 aromatic heterocycles. The Bertz CT molecular complexity index is 946. The molecule has 1 heterocycles. The average Bonchev–Trinajstić information content (AvgIpc) is 2.97. The number of benzene rings is 2. The van der Waals surface area contributed by atoms with Gasteiger partial charge in [-0.05, 0) is 31.2 Å². The van der Waals surface area contributed by atoms with Gasteiger partial charge in [-0.15, -0.1) is 0 Å². The molecule has 0 saturated carbocycles. The molecule has 0 saturated heterocycles. The highest BCUT2D eigenvalue weighted by atomic mass is 16.6. The fourth-order valence-corrected chi connectivity index (χ4v) is 2.58. The van der Waals surface area contributed by atoms with Gasteiger partial charge in [0.05, 0.1) is 30.3 Å². The number of rotatable bonds is 5. The lowest BCUT2D eigenvalue weighted by Crippen LogP contribution is -2.05. The van der Waals surface area contributed by atoms with Gasteiger partial charge in [0.25, 0.3) is 5.69 Å². The first-order valence-corrected chi connectivity index (χ1v) is 7.27. The number of hydrogen-bond donors (Lipinski definition) is 0. The van der Waals surface area contributed by atoms with Crippen LogP contribution in [-0.2, 0) is 6.54 Å². The van der Waals surface area contributed by atoms with Gasteiger partial charge in [0.2, 0.25) is 0 Å². The summed E-state index contributed by atoms with van der Waals surface area (Å²) >= 11 is 0. The Kier molecular flexibility index (Phi) is 3.99. The maximum atomic E-state index is 11.6. The summed E-state index contributed by atoms with van der Waals surface area (Å²) in [4.78, 5) is 22.1. The highest BCUT2D eigenvalue weighted by Crippen LogP contribution is 2.25. The summed E-state index contributed by atoms with van der Waals surface area (Å²) in [5.74, 6) is 0.592. The Morgan fingerprint density at radius 2 is 2.08 bits per heavy atom. The van der Waals surface area contributed by atoms with Crippen molar-refractivity contribution >= 4 is 22.4 Å². The Labute approximate surface area is 137 Å². The van der Waals surface area contributed by atoms with Gasteiger partial charge in [0.15, 0.2) is 5.78 Å². The molecule has 0 amide bonds. The third kappa shape index (κ3) is 2.83. The van der Waals surface area contributed by atoms with Crippen LogP contribution in [0.5, 0.6) is 5.75 Å². The van der Waals surface area contributed by atoms with Crippen molar-refractivity contribution in [1.29, 1.82) is 0 Å². The van der Waals surface area contributed by atoms with E-state index in [-0.39, 0.29) is 11.5 Å². The first kappa shape index (κ1) is 15.7. The first-order chi connectivity index (χ1) is 11.5. The van der Waals surface area contributed by atoms with Crippen LogP contribution < -0.4 is 4.74 Å². The molecule has 0 fully saturated rings. The minimum Gasteiger partial charge on any atom is -0.496 e. The van der Waals surface area contributed by atoms with Crippen LogP contribution in [0.25, 0.3) is 10.9 Å². The van der Waals surface area contributed by atoms with Gasteiger partial charge in [0, 0.05) is 28.6 Å². The largest absolute Gasteiger partial charge is 0.496 e. The standard InChI is InChI=1S/C17H15N3O4/c1-11(21)12-4-6-17(24-2)14(7-12)10-19-16-8-15(20(22)23)5-3-13(16)9-18-19/h3-9H,10H2,1-2H3. The second-order valence-corrected chi connectivity index (χ2v) is 5.39. The summed E-state index contributed by atoms with van der Waals surface area (Å²) in [6, 6.07) is 9.80. The molecule has 0 atom stereocenters. The molecule has 0 bridgehead atoms. The van der Waals surface area contributed by atoms with E-state index in [1.807, 2.05) is 0 Å². The number of non-ortho nitro benzene ring substituents is 1. The first-order valence-electron chi connectivity index (χ1n) is 7.27. The predicted octanol–water partition coefficient (Wildman–Crippen LogP) is 3.20. The van der Waals surface area contributed by atoms with Gasteiger partial charge in [-0.3, -0.25) is 19.6 Å². The smallest absolute Gasteiger partial charge is 0.271 e. The molecular weight excluding hydrogens is 310 g/mol. The van der Waals surface area contributed by atoms with Crippen LogP contribution in [0.1, 0.15) is 22.8 Å². The molecule has 0 N–H and O–H groups in total. The average molecular weight is 325 g/mol. The van der Waals surface area contributed by atoms with Crippen molar-refractivity contribution in [3.63, 3.8) is 0 Å². The van der Waals surface area contributed by atoms with Crippen molar-refractivity contribution in [2.45, 2.75) is 13.5 Å². The number of Topliss-reactive ketones (excluding diaryl/α,β-unsaturated/α-hetero) is 1. The summed E-state index contributed by atoms with van der Waals surface area (Å²) in [6.45, 7) is 1.84. The summed E-state index contributed by atoms with van der Waals surface area (Å²) in [6.07, 6.45) is 1.65. The summed E-state index contributed by atoms with van der Waals surface area (Å²) in [5.41, 5.74) is 2.02. The van der Waals surface area contributed by atoms with Crippen LogP contribution in [0.2, 0.25) is 0 Å². The van der Waals surface area contributed by atoms with Crippen LogP contribution in [0.4, 0.5) is 5.69 Å². The summed E-state index contributed by atoms with van der Waals surface area (Å²) in [5, 5.41) is 16.1.